The molecule has 0 saturated carbocycles. The van der Waals surface area contributed by atoms with Gasteiger partial charge in [-0.1, -0.05) is 43.1 Å². The molecule has 0 bridgehead atoms. The van der Waals surface area contributed by atoms with Gasteiger partial charge in [0.2, 0.25) is 0 Å². The molecule has 0 unspecified atom stereocenters. The molecule has 0 fully saturated rings. The van der Waals surface area contributed by atoms with E-state index in [4.69, 9.17) is 10.9 Å². The Morgan fingerprint density at radius 1 is 1.14 bits per heavy atom. The molecule has 0 aliphatic rings. The molecule has 5 nitrogen and oxygen atoms in total. The van der Waals surface area contributed by atoms with Gasteiger partial charge < -0.3 is 16.3 Å². The van der Waals surface area contributed by atoms with Crippen molar-refractivity contribution in [1.29, 1.82) is 0 Å². The van der Waals surface area contributed by atoms with Gasteiger partial charge in [-0.3, -0.25) is 4.79 Å². The Labute approximate surface area is 138 Å². The molecule has 2 aromatic rings. The predicted octanol–water partition coefficient (Wildman–Crippen LogP) is 3.56. The van der Waals surface area contributed by atoms with Crippen LogP contribution in [0.2, 0.25) is 0 Å². The maximum Gasteiger partial charge on any atom is 0.255 e. The van der Waals surface area contributed by atoms with E-state index in [-0.39, 0.29) is 11.7 Å². The van der Waals surface area contributed by atoms with Crippen LogP contribution in [0, 0.1) is 0 Å². The second kappa shape index (κ2) is 6.73. The molecule has 0 saturated heterocycles. The van der Waals surface area contributed by atoms with Crippen LogP contribution in [-0.2, 0) is 0 Å². The molecule has 21 heavy (non-hydrogen) atoms. The third-order valence-corrected chi connectivity index (χ3v) is 3.69. The minimum absolute atomic E-state index is 0.0768. The van der Waals surface area contributed by atoms with E-state index in [1.807, 2.05) is 6.07 Å². The number of anilines is 1. The van der Waals surface area contributed by atoms with E-state index in [2.05, 4.69) is 42.3 Å². The Morgan fingerprint density at radius 2 is 1.86 bits per heavy atom. The minimum Gasteiger partial charge on any atom is -0.409 e. The first-order valence-corrected chi connectivity index (χ1v) is 7.44. The standard InChI is InChI=1S/C14H11Br2N3O2/c15-9-3-1-2-8(6-9)14(20)18-12-7-10(16)4-5-11(12)13(17)19-21/h1-7,21H,(H2,17,19)(H,18,20). The number of carbonyl (C=O) groups excluding carboxylic acids is 1. The molecule has 108 valence electrons. The Balaban J connectivity index is 2.35. The van der Waals surface area contributed by atoms with Crippen LogP contribution in [0.5, 0.6) is 0 Å². The fourth-order valence-corrected chi connectivity index (χ4v) is 2.48. The summed E-state index contributed by atoms with van der Waals surface area (Å²) in [5.74, 6) is -0.367. The summed E-state index contributed by atoms with van der Waals surface area (Å²) in [5, 5.41) is 14.5. The zero-order valence-electron chi connectivity index (χ0n) is 10.7. The highest BCUT2D eigenvalue weighted by atomic mass is 79.9. The number of halogens is 2. The molecule has 2 aromatic carbocycles. The van der Waals surface area contributed by atoms with Crippen molar-refractivity contribution in [3.05, 3.63) is 62.5 Å². The molecule has 0 aromatic heterocycles. The van der Waals surface area contributed by atoms with Crippen LogP contribution in [0.1, 0.15) is 15.9 Å². The third kappa shape index (κ3) is 3.83. The Morgan fingerprint density at radius 3 is 2.52 bits per heavy atom. The maximum atomic E-state index is 12.3. The van der Waals surface area contributed by atoms with Crippen LogP contribution in [0.25, 0.3) is 0 Å². The summed E-state index contributed by atoms with van der Waals surface area (Å²) in [7, 11) is 0. The van der Waals surface area contributed by atoms with Crippen molar-refractivity contribution in [2.75, 3.05) is 5.32 Å². The fraction of sp³-hybridized carbons (Fsp3) is 0. The predicted molar refractivity (Wildman–Crippen MR) is 88.7 cm³/mol. The molecule has 2 rings (SSSR count). The van der Waals surface area contributed by atoms with E-state index in [0.29, 0.717) is 16.8 Å². The van der Waals surface area contributed by atoms with Crippen LogP contribution in [0.4, 0.5) is 5.69 Å². The number of nitrogens with one attached hydrogen (secondary N) is 1. The quantitative estimate of drug-likeness (QED) is 0.311. The second-order valence-electron chi connectivity index (χ2n) is 4.14. The van der Waals surface area contributed by atoms with Gasteiger partial charge in [-0.15, -0.1) is 0 Å². The van der Waals surface area contributed by atoms with Gasteiger partial charge in [-0.25, -0.2) is 0 Å². The molecule has 0 heterocycles. The highest BCUT2D eigenvalue weighted by Crippen LogP contribution is 2.22. The highest BCUT2D eigenvalue weighted by Gasteiger charge is 2.12. The minimum atomic E-state index is -0.290. The summed E-state index contributed by atoms with van der Waals surface area (Å²) in [4.78, 5) is 12.3. The van der Waals surface area contributed by atoms with Gasteiger partial charge >= 0.3 is 0 Å². The zero-order chi connectivity index (χ0) is 15.4. The Kier molecular flexibility index (Phi) is 4.98. The first-order valence-electron chi connectivity index (χ1n) is 5.85. The van der Waals surface area contributed by atoms with E-state index in [0.717, 1.165) is 8.95 Å². The van der Waals surface area contributed by atoms with E-state index in [1.165, 1.54) is 0 Å². The van der Waals surface area contributed by atoms with E-state index >= 15 is 0 Å². The number of rotatable bonds is 3. The summed E-state index contributed by atoms with van der Waals surface area (Å²) in [6, 6.07) is 12.1. The van der Waals surface area contributed by atoms with Crippen LogP contribution in [-0.4, -0.2) is 17.0 Å². The third-order valence-electron chi connectivity index (χ3n) is 2.70. The van der Waals surface area contributed by atoms with Gasteiger partial charge in [0.15, 0.2) is 5.84 Å². The summed E-state index contributed by atoms with van der Waals surface area (Å²) < 4.78 is 1.57. The molecule has 4 N–H and O–H groups in total. The second-order valence-corrected chi connectivity index (χ2v) is 5.97. The smallest absolute Gasteiger partial charge is 0.255 e. The Hall–Kier alpha value is -1.86. The molecule has 0 aliphatic heterocycles. The maximum absolute atomic E-state index is 12.3. The van der Waals surface area contributed by atoms with Crippen LogP contribution in [0.3, 0.4) is 0 Å². The van der Waals surface area contributed by atoms with Gasteiger partial charge in [0, 0.05) is 20.1 Å². The van der Waals surface area contributed by atoms with Crippen LogP contribution in [0.15, 0.2) is 56.6 Å². The molecule has 0 aliphatic carbocycles. The molecular weight excluding hydrogens is 402 g/mol. The van der Waals surface area contributed by atoms with Crippen LogP contribution < -0.4 is 11.1 Å². The van der Waals surface area contributed by atoms with Gasteiger partial charge in [-0.05, 0) is 36.4 Å². The number of carbonyl (C=O) groups is 1. The molecule has 1 amide bonds. The number of amidine groups is 1. The lowest BCUT2D eigenvalue weighted by molar-refractivity contribution is 0.102. The number of nitrogens with two attached hydrogens (primary N) is 1. The highest BCUT2D eigenvalue weighted by molar-refractivity contribution is 9.10. The number of nitrogens with zero attached hydrogens (tertiary/aromatic N) is 1. The number of amides is 1. The topological polar surface area (TPSA) is 87.7 Å². The largest absolute Gasteiger partial charge is 0.409 e. The lowest BCUT2D eigenvalue weighted by Crippen LogP contribution is -2.19. The lowest BCUT2D eigenvalue weighted by atomic mass is 10.1. The average Bonchev–Trinajstić information content (AvgIpc) is 2.46. The van der Waals surface area contributed by atoms with Crippen molar-refractivity contribution in [2.24, 2.45) is 10.9 Å². The van der Waals surface area contributed by atoms with Gasteiger partial charge in [0.25, 0.3) is 5.91 Å². The first kappa shape index (κ1) is 15.5. The van der Waals surface area contributed by atoms with Crippen LogP contribution >= 0.6 is 31.9 Å². The average molecular weight is 413 g/mol. The molecular formula is C14H11Br2N3O2. The number of hydrogen-bond donors (Lipinski definition) is 3. The first-order chi connectivity index (χ1) is 10.0. The van der Waals surface area contributed by atoms with Crippen molar-refractivity contribution < 1.29 is 10.0 Å². The van der Waals surface area contributed by atoms with Crippen molar-refractivity contribution in [3.63, 3.8) is 0 Å². The van der Waals surface area contributed by atoms with Crippen molar-refractivity contribution in [1.82, 2.24) is 0 Å². The van der Waals surface area contributed by atoms with Gasteiger partial charge in [-0.2, -0.15) is 0 Å². The molecule has 7 heteroatoms. The fourth-order valence-electron chi connectivity index (χ4n) is 1.72. The van der Waals surface area contributed by atoms with Crippen molar-refractivity contribution in [3.8, 4) is 0 Å². The number of oxime groups is 1. The van der Waals surface area contributed by atoms with E-state index < -0.39 is 0 Å². The SMILES string of the molecule is N/C(=N/O)c1ccc(Br)cc1NC(=O)c1cccc(Br)c1. The molecule has 0 radical (unpaired) electrons. The van der Waals surface area contributed by atoms with Gasteiger partial charge in [0.1, 0.15) is 0 Å². The summed E-state index contributed by atoms with van der Waals surface area (Å²) in [6.07, 6.45) is 0. The van der Waals surface area contributed by atoms with E-state index in [1.54, 1.807) is 36.4 Å². The van der Waals surface area contributed by atoms with Crippen molar-refractivity contribution >= 4 is 49.3 Å². The molecule has 0 spiro atoms. The van der Waals surface area contributed by atoms with Gasteiger partial charge in [0.05, 0.1) is 5.69 Å². The molecule has 0 atom stereocenters. The Bertz CT molecular complexity index is 717. The monoisotopic (exact) mass is 411 g/mol. The zero-order valence-corrected chi connectivity index (χ0v) is 13.8. The number of benzene rings is 2. The summed E-state index contributed by atoms with van der Waals surface area (Å²) >= 11 is 6.64. The normalized spacial score (nSPS) is 11.2. The number of hydrogen-bond acceptors (Lipinski definition) is 3. The van der Waals surface area contributed by atoms with Crippen molar-refractivity contribution in [2.45, 2.75) is 0 Å². The summed E-state index contributed by atoms with van der Waals surface area (Å²) in [5.41, 5.74) is 6.99. The lowest BCUT2D eigenvalue weighted by Gasteiger charge is -2.11. The van der Waals surface area contributed by atoms with E-state index in [9.17, 15) is 4.79 Å². The summed E-state index contributed by atoms with van der Waals surface area (Å²) in [6.45, 7) is 0.